The Bertz CT molecular complexity index is 272. The highest BCUT2D eigenvalue weighted by Crippen LogP contribution is 2.07. The molecular formula is C18H34O3. The number of aliphatic hydroxyl groups is 1. The van der Waals surface area contributed by atoms with Crippen molar-refractivity contribution in [3.63, 3.8) is 0 Å². The van der Waals surface area contributed by atoms with Gasteiger partial charge in [0.2, 0.25) is 0 Å². The molecule has 1 unspecified atom stereocenters. The molecule has 0 bridgehead atoms. The first-order chi connectivity index (χ1) is 10.1. The van der Waals surface area contributed by atoms with Crippen molar-refractivity contribution in [2.45, 2.75) is 84.7 Å². The highest BCUT2D eigenvalue weighted by molar-refractivity contribution is 5.69. The fraction of sp³-hybridized carbons (Fsp3) is 0.833. The summed E-state index contributed by atoms with van der Waals surface area (Å²) in [5.41, 5.74) is 0. The average molecular weight is 298 g/mol. The van der Waals surface area contributed by atoms with Crippen molar-refractivity contribution in [2.75, 3.05) is 6.61 Å². The van der Waals surface area contributed by atoms with Gasteiger partial charge >= 0.3 is 5.97 Å². The van der Waals surface area contributed by atoms with Crippen LogP contribution >= 0.6 is 0 Å². The van der Waals surface area contributed by atoms with Crippen molar-refractivity contribution in [1.82, 2.24) is 0 Å². The van der Waals surface area contributed by atoms with Gasteiger partial charge in [-0.15, -0.1) is 0 Å². The summed E-state index contributed by atoms with van der Waals surface area (Å²) in [5.74, 6) is 0.218. The smallest absolute Gasteiger partial charge is 0.305 e. The quantitative estimate of drug-likeness (QED) is 0.306. The minimum absolute atomic E-state index is 0.129. The van der Waals surface area contributed by atoms with E-state index in [9.17, 15) is 9.90 Å². The molecule has 124 valence electrons. The Morgan fingerprint density at radius 1 is 1.10 bits per heavy atom. The lowest BCUT2D eigenvalue weighted by atomic mass is 10.1. The number of allylic oxidation sites excluding steroid dienone is 2. The van der Waals surface area contributed by atoms with E-state index in [-0.39, 0.29) is 12.6 Å². The first-order valence-corrected chi connectivity index (χ1v) is 8.55. The Balaban J connectivity index is 3.43. The molecule has 0 aromatic rings. The van der Waals surface area contributed by atoms with Crippen LogP contribution in [0.2, 0.25) is 0 Å². The van der Waals surface area contributed by atoms with E-state index >= 15 is 0 Å². The van der Waals surface area contributed by atoms with Gasteiger partial charge < -0.3 is 9.84 Å². The molecule has 1 N–H and O–H groups in total. The third kappa shape index (κ3) is 15.4. The van der Waals surface area contributed by atoms with Crippen molar-refractivity contribution in [3.8, 4) is 0 Å². The van der Waals surface area contributed by atoms with E-state index in [1.807, 2.05) is 13.8 Å². The summed E-state index contributed by atoms with van der Waals surface area (Å²) >= 11 is 0. The van der Waals surface area contributed by atoms with Crippen LogP contribution in [0.3, 0.4) is 0 Å². The zero-order valence-electron chi connectivity index (χ0n) is 14.1. The van der Waals surface area contributed by atoms with Gasteiger partial charge in [0.1, 0.15) is 6.61 Å². The first kappa shape index (κ1) is 20.2. The molecule has 0 saturated carbocycles. The second-order valence-corrected chi connectivity index (χ2v) is 6.18. The lowest BCUT2D eigenvalue weighted by molar-refractivity contribution is -0.147. The van der Waals surface area contributed by atoms with Crippen molar-refractivity contribution in [1.29, 1.82) is 0 Å². The molecule has 0 heterocycles. The molecule has 0 aliphatic heterocycles. The Hall–Kier alpha value is -0.830. The second-order valence-electron chi connectivity index (χ2n) is 6.18. The highest BCUT2D eigenvalue weighted by Gasteiger charge is 2.10. The van der Waals surface area contributed by atoms with Gasteiger partial charge in [-0.2, -0.15) is 0 Å². The Morgan fingerprint density at radius 3 is 2.38 bits per heavy atom. The van der Waals surface area contributed by atoms with Crippen LogP contribution in [-0.2, 0) is 9.53 Å². The molecule has 0 aromatic heterocycles. The molecule has 0 amide bonds. The van der Waals surface area contributed by atoms with Gasteiger partial charge in [-0.3, -0.25) is 4.79 Å². The van der Waals surface area contributed by atoms with Crippen LogP contribution in [0.5, 0.6) is 0 Å². The maximum atomic E-state index is 11.5. The monoisotopic (exact) mass is 298 g/mol. The van der Waals surface area contributed by atoms with Gasteiger partial charge in [-0.25, -0.2) is 0 Å². The number of esters is 1. The Labute approximate surface area is 130 Å². The summed E-state index contributed by atoms with van der Waals surface area (Å²) in [6.45, 7) is 6.43. The summed E-state index contributed by atoms with van der Waals surface area (Å²) in [6, 6.07) is 0. The molecule has 1 atom stereocenters. The van der Waals surface area contributed by atoms with E-state index in [0.29, 0.717) is 18.8 Å². The SMILES string of the molecule is CCCCCC/C=C\CCCC(=O)OCC(O)CC(C)C. The number of carbonyl (C=O) groups excluding carboxylic acids is 1. The predicted molar refractivity (Wildman–Crippen MR) is 88.2 cm³/mol. The van der Waals surface area contributed by atoms with Crippen LogP contribution in [0.15, 0.2) is 12.2 Å². The topological polar surface area (TPSA) is 46.5 Å². The van der Waals surface area contributed by atoms with E-state index in [1.165, 1.54) is 25.7 Å². The maximum absolute atomic E-state index is 11.5. The minimum Gasteiger partial charge on any atom is -0.463 e. The van der Waals surface area contributed by atoms with Crippen molar-refractivity contribution < 1.29 is 14.6 Å². The van der Waals surface area contributed by atoms with E-state index in [1.54, 1.807) is 0 Å². The summed E-state index contributed by atoms with van der Waals surface area (Å²) in [7, 11) is 0. The molecule has 3 nitrogen and oxygen atoms in total. The van der Waals surface area contributed by atoms with Crippen LogP contribution in [-0.4, -0.2) is 23.8 Å². The molecule has 0 aliphatic carbocycles. The Morgan fingerprint density at radius 2 is 1.76 bits per heavy atom. The number of carbonyl (C=O) groups is 1. The van der Waals surface area contributed by atoms with Crippen LogP contribution in [0.1, 0.15) is 78.6 Å². The molecule has 0 radical (unpaired) electrons. The number of hydrogen-bond donors (Lipinski definition) is 1. The predicted octanol–water partition coefficient (Wildman–Crippen LogP) is 4.63. The minimum atomic E-state index is -0.531. The molecule has 0 aromatic carbocycles. The first-order valence-electron chi connectivity index (χ1n) is 8.55. The number of ether oxygens (including phenoxy) is 1. The summed E-state index contributed by atoms with van der Waals surface area (Å²) < 4.78 is 5.06. The normalized spacial score (nSPS) is 13.0. The maximum Gasteiger partial charge on any atom is 0.305 e. The largest absolute Gasteiger partial charge is 0.463 e. The number of unbranched alkanes of at least 4 members (excludes halogenated alkanes) is 5. The van der Waals surface area contributed by atoms with Gasteiger partial charge in [0.05, 0.1) is 6.10 Å². The van der Waals surface area contributed by atoms with Crippen molar-refractivity contribution in [2.24, 2.45) is 5.92 Å². The van der Waals surface area contributed by atoms with Crippen molar-refractivity contribution >= 4 is 5.97 Å². The third-order valence-corrected chi connectivity index (χ3v) is 3.32. The Kier molecular flexibility index (Phi) is 13.6. The van der Waals surface area contributed by atoms with Gasteiger partial charge in [0.15, 0.2) is 0 Å². The summed E-state index contributed by atoms with van der Waals surface area (Å²) in [6.07, 6.45) is 13.0. The second kappa shape index (κ2) is 14.1. The molecular weight excluding hydrogens is 264 g/mol. The lowest BCUT2D eigenvalue weighted by Gasteiger charge is -2.13. The van der Waals surface area contributed by atoms with Crippen LogP contribution < -0.4 is 0 Å². The fourth-order valence-corrected chi connectivity index (χ4v) is 2.16. The molecule has 0 saturated heterocycles. The molecule has 0 rings (SSSR count). The third-order valence-electron chi connectivity index (χ3n) is 3.32. The molecule has 0 fully saturated rings. The van der Waals surface area contributed by atoms with Crippen LogP contribution in [0.25, 0.3) is 0 Å². The van der Waals surface area contributed by atoms with Crippen LogP contribution in [0, 0.1) is 5.92 Å². The summed E-state index contributed by atoms with van der Waals surface area (Å²) in [4.78, 5) is 11.5. The molecule has 21 heavy (non-hydrogen) atoms. The summed E-state index contributed by atoms with van der Waals surface area (Å²) in [5, 5.41) is 9.61. The van der Waals surface area contributed by atoms with Gasteiger partial charge in [0.25, 0.3) is 0 Å². The van der Waals surface area contributed by atoms with E-state index in [4.69, 9.17) is 4.74 Å². The lowest BCUT2D eigenvalue weighted by Crippen LogP contribution is -2.20. The fourth-order valence-electron chi connectivity index (χ4n) is 2.16. The van der Waals surface area contributed by atoms with E-state index < -0.39 is 6.10 Å². The molecule has 0 spiro atoms. The van der Waals surface area contributed by atoms with Crippen molar-refractivity contribution in [3.05, 3.63) is 12.2 Å². The molecule has 0 aliphatic rings. The number of hydrogen-bond acceptors (Lipinski definition) is 3. The molecule has 3 heteroatoms. The average Bonchev–Trinajstić information content (AvgIpc) is 2.42. The van der Waals surface area contributed by atoms with E-state index in [2.05, 4.69) is 19.1 Å². The van der Waals surface area contributed by atoms with Crippen LogP contribution in [0.4, 0.5) is 0 Å². The highest BCUT2D eigenvalue weighted by atomic mass is 16.5. The standard InChI is InChI=1S/C18H34O3/c1-4-5-6-7-8-9-10-11-12-13-18(20)21-15-17(19)14-16(2)3/h9-10,16-17,19H,4-8,11-15H2,1-3H3/b10-9-. The number of rotatable bonds is 13. The zero-order chi connectivity index (χ0) is 15.9. The van der Waals surface area contributed by atoms with E-state index in [0.717, 1.165) is 19.3 Å². The van der Waals surface area contributed by atoms with Gasteiger partial charge in [-0.1, -0.05) is 52.2 Å². The zero-order valence-corrected chi connectivity index (χ0v) is 14.1. The van der Waals surface area contributed by atoms with Gasteiger partial charge in [-0.05, 0) is 38.0 Å². The van der Waals surface area contributed by atoms with Gasteiger partial charge in [0, 0.05) is 6.42 Å². The number of aliphatic hydroxyl groups excluding tert-OH is 1.